The molecule has 0 saturated carbocycles. The maximum absolute atomic E-state index is 12.4. The van der Waals surface area contributed by atoms with E-state index in [4.69, 9.17) is 0 Å². The second-order valence-corrected chi connectivity index (χ2v) is 4.75. The van der Waals surface area contributed by atoms with E-state index in [0.717, 1.165) is 23.2 Å². The van der Waals surface area contributed by atoms with Gasteiger partial charge in [0.1, 0.15) is 0 Å². The highest BCUT2D eigenvalue weighted by Gasteiger charge is 2.16. The molecule has 1 N–H and O–H groups in total. The third-order valence-electron chi connectivity index (χ3n) is 3.66. The zero-order valence-electron chi connectivity index (χ0n) is 11.4. The number of benzene rings is 1. The van der Waals surface area contributed by atoms with Crippen LogP contribution in [-0.4, -0.2) is 10.8 Å². The molecule has 0 fully saturated rings. The van der Waals surface area contributed by atoms with Crippen molar-refractivity contribution in [3.05, 3.63) is 57.9 Å². The number of ketones is 1. The minimum Gasteiger partial charge on any atom is -0.356 e. The number of hydrogen-bond donors (Lipinski definition) is 1. The van der Waals surface area contributed by atoms with Gasteiger partial charge in [-0.2, -0.15) is 0 Å². The maximum atomic E-state index is 12.4. The van der Waals surface area contributed by atoms with Gasteiger partial charge in [-0.25, -0.2) is 0 Å². The Labute approximate surface area is 108 Å². The largest absolute Gasteiger partial charge is 0.356 e. The molecule has 0 amide bonds. The van der Waals surface area contributed by atoms with Crippen LogP contribution >= 0.6 is 0 Å². The molecule has 2 rings (SSSR count). The van der Waals surface area contributed by atoms with Crippen molar-refractivity contribution in [2.75, 3.05) is 0 Å². The molecule has 94 valence electrons. The summed E-state index contributed by atoms with van der Waals surface area (Å²) >= 11 is 0. The summed E-state index contributed by atoms with van der Waals surface area (Å²) in [4.78, 5) is 15.6. The fraction of sp³-hybridized carbons (Fsp3) is 0.312. The van der Waals surface area contributed by atoms with Gasteiger partial charge in [-0.15, -0.1) is 0 Å². The number of hydrogen-bond acceptors (Lipinski definition) is 1. The third-order valence-corrected chi connectivity index (χ3v) is 3.66. The number of nitrogens with one attached hydrogen (secondary N) is 1. The molecule has 1 aromatic heterocycles. The van der Waals surface area contributed by atoms with E-state index in [1.165, 1.54) is 11.1 Å². The van der Waals surface area contributed by atoms with Crippen molar-refractivity contribution in [3.63, 3.8) is 0 Å². The molecule has 2 nitrogen and oxygen atoms in total. The third kappa shape index (κ3) is 2.10. The van der Waals surface area contributed by atoms with E-state index < -0.39 is 0 Å². The molecule has 0 spiro atoms. The van der Waals surface area contributed by atoms with Crippen LogP contribution in [0, 0.1) is 20.8 Å². The van der Waals surface area contributed by atoms with E-state index in [1.807, 2.05) is 45.0 Å². The Morgan fingerprint density at radius 2 is 1.67 bits per heavy atom. The van der Waals surface area contributed by atoms with Crippen molar-refractivity contribution < 1.29 is 4.79 Å². The van der Waals surface area contributed by atoms with Crippen molar-refractivity contribution in [3.8, 4) is 0 Å². The van der Waals surface area contributed by atoms with Crippen LogP contribution in [0.5, 0.6) is 0 Å². The van der Waals surface area contributed by atoms with Crippen molar-refractivity contribution in [1.82, 2.24) is 4.98 Å². The van der Waals surface area contributed by atoms with Crippen LogP contribution in [0.2, 0.25) is 0 Å². The maximum Gasteiger partial charge on any atom is 0.209 e. The lowest BCUT2D eigenvalue weighted by molar-refractivity contribution is 0.103. The van der Waals surface area contributed by atoms with Crippen LogP contribution in [-0.2, 0) is 6.42 Å². The van der Waals surface area contributed by atoms with Gasteiger partial charge >= 0.3 is 0 Å². The van der Waals surface area contributed by atoms with Gasteiger partial charge in [-0.05, 0) is 43.9 Å². The average molecular weight is 241 g/mol. The number of aryl methyl sites for hydroxylation is 2. The zero-order valence-corrected chi connectivity index (χ0v) is 11.4. The molecular weight excluding hydrogens is 222 g/mol. The van der Waals surface area contributed by atoms with Gasteiger partial charge in [-0.3, -0.25) is 4.79 Å². The van der Waals surface area contributed by atoms with Crippen molar-refractivity contribution in [2.45, 2.75) is 34.1 Å². The highest BCUT2D eigenvalue weighted by Crippen LogP contribution is 2.19. The predicted octanol–water partition coefficient (Wildman–Crippen LogP) is 3.73. The predicted molar refractivity (Wildman–Crippen MR) is 74.3 cm³/mol. The first-order chi connectivity index (χ1) is 8.54. The molecule has 1 aromatic carbocycles. The Kier molecular flexibility index (Phi) is 3.37. The normalized spacial score (nSPS) is 10.7. The van der Waals surface area contributed by atoms with E-state index in [9.17, 15) is 4.79 Å². The molecule has 0 aliphatic rings. The monoisotopic (exact) mass is 241 g/mol. The zero-order chi connectivity index (χ0) is 13.3. The second-order valence-electron chi connectivity index (χ2n) is 4.75. The Bertz CT molecular complexity index is 576. The lowest BCUT2D eigenvalue weighted by atomic mass is 10.0. The molecule has 1 heterocycles. The van der Waals surface area contributed by atoms with Gasteiger partial charge in [0.2, 0.25) is 5.78 Å². The molecule has 0 bridgehead atoms. The van der Waals surface area contributed by atoms with Gasteiger partial charge < -0.3 is 4.98 Å². The lowest BCUT2D eigenvalue weighted by Crippen LogP contribution is -2.03. The Morgan fingerprint density at radius 3 is 2.11 bits per heavy atom. The summed E-state index contributed by atoms with van der Waals surface area (Å²) in [6, 6.07) is 7.86. The van der Waals surface area contributed by atoms with Gasteiger partial charge in [0.15, 0.2) is 0 Å². The molecule has 0 radical (unpaired) electrons. The molecule has 0 atom stereocenters. The SMILES string of the molecule is CCc1ccc(C(=O)c2[nH]c(C)c(C)c2C)cc1. The summed E-state index contributed by atoms with van der Waals surface area (Å²) in [5.41, 5.74) is 6.01. The Hall–Kier alpha value is -1.83. The highest BCUT2D eigenvalue weighted by molar-refractivity contribution is 6.09. The number of carbonyl (C=O) groups excluding carboxylic acids is 1. The van der Waals surface area contributed by atoms with E-state index in [-0.39, 0.29) is 5.78 Å². The fourth-order valence-electron chi connectivity index (χ4n) is 2.11. The van der Waals surface area contributed by atoms with Crippen molar-refractivity contribution in [1.29, 1.82) is 0 Å². The standard InChI is InChI=1S/C16H19NO/c1-5-13-6-8-14(9-7-13)16(18)15-11(3)10(2)12(4)17-15/h6-9,17H,5H2,1-4H3. The number of H-pyrrole nitrogens is 1. The quantitative estimate of drug-likeness (QED) is 0.816. The first-order valence-electron chi connectivity index (χ1n) is 6.34. The minimum absolute atomic E-state index is 0.0753. The van der Waals surface area contributed by atoms with Crippen LogP contribution in [0.25, 0.3) is 0 Å². The highest BCUT2D eigenvalue weighted by atomic mass is 16.1. The Morgan fingerprint density at radius 1 is 1.06 bits per heavy atom. The lowest BCUT2D eigenvalue weighted by Gasteiger charge is -2.02. The van der Waals surface area contributed by atoms with Gasteiger partial charge in [0.05, 0.1) is 5.69 Å². The molecule has 2 heteroatoms. The Balaban J connectivity index is 2.38. The second kappa shape index (κ2) is 4.81. The van der Waals surface area contributed by atoms with Crippen LogP contribution in [0.4, 0.5) is 0 Å². The van der Waals surface area contributed by atoms with Crippen molar-refractivity contribution in [2.24, 2.45) is 0 Å². The van der Waals surface area contributed by atoms with E-state index >= 15 is 0 Å². The van der Waals surface area contributed by atoms with Crippen molar-refractivity contribution >= 4 is 5.78 Å². The van der Waals surface area contributed by atoms with Crippen LogP contribution in [0.3, 0.4) is 0 Å². The molecule has 0 saturated heterocycles. The number of rotatable bonds is 3. The minimum atomic E-state index is 0.0753. The smallest absolute Gasteiger partial charge is 0.209 e. The molecule has 0 aliphatic carbocycles. The van der Waals surface area contributed by atoms with E-state index in [0.29, 0.717) is 5.69 Å². The number of carbonyl (C=O) groups is 1. The van der Waals surface area contributed by atoms with E-state index in [1.54, 1.807) is 0 Å². The topological polar surface area (TPSA) is 32.9 Å². The molecular formula is C16H19NO. The first-order valence-corrected chi connectivity index (χ1v) is 6.34. The fourth-order valence-corrected chi connectivity index (χ4v) is 2.11. The van der Waals surface area contributed by atoms with Crippen LogP contribution in [0.15, 0.2) is 24.3 Å². The summed E-state index contributed by atoms with van der Waals surface area (Å²) in [7, 11) is 0. The van der Waals surface area contributed by atoms with Crippen LogP contribution < -0.4 is 0 Å². The molecule has 18 heavy (non-hydrogen) atoms. The molecule has 0 aliphatic heterocycles. The average Bonchev–Trinajstić information content (AvgIpc) is 2.66. The molecule has 0 unspecified atom stereocenters. The number of aromatic amines is 1. The summed E-state index contributed by atoms with van der Waals surface area (Å²) in [5, 5.41) is 0. The number of aromatic nitrogens is 1. The van der Waals surface area contributed by atoms with Gasteiger partial charge in [0, 0.05) is 11.3 Å². The van der Waals surface area contributed by atoms with Gasteiger partial charge in [-0.1, -0.05) is 31.2 Å². The summed E-state index contributed by atoms with van der Waals surface area (Å²) in [6.07, 6.45) is 0.994. The summed E-state index contributed by atoms with van der Waals surface area (Å²) in [6.45, 7) is 8.14. The van der Waals surface area contributed by atoms with E-state index in [2.05, 4.69) is 11.9 Å². The molecule has 2 aromatic rings. The van der Waals surface area contributed by atoms with Crippen LogP contribution in [0.1, 0.15) is 45.4 Å². The summed E-state index contributed by atoms with van der Waals surface area (Å²) in [5.74, 6) is 0.0753. The summed E-state index contributed by atoms with van der Waals surface area (Å²) < 4.78 is 0. The van der Waals surface area contributed by atoms with Gasteiger partial charge in [0.25, 0.3) is 0 Å². The first kappa shape index (κ1) is 12.6.